The van der Waals surface area contributed by atoms with Crippen LogP contribution in [-0.4, -0.2) is 5.11 Å². The second-order valence-electron chi connectivity index (χ2n) is 4.29. The van der Waals surface area contributed by atoms with Crippen LogP contribution in [0, 0.1) is 0 Å². The van der Waals surface area contributed by atoms with Gasteiger partial charge in [0.1, 0.15) is 0 Å². The van der Waals surface area contributed by atoms with Gasteiger partial charge in [-0.2, -0.15) is 13.2 Å². The van der Waals surface area contributed by atoms with Gasteiger partial charge in [-0.15, -0.1) is 11.8 Å². The SMILES string of the molecule is OCc1cccc(SCc2cccc(C(F)(F)F)c2)c1. The highest BCUT2D eigenvalue weighted by atomic mass is 32.2. The maximum absolute atomic E-state index is 12.6. The standard InChI is InChI=1S/C15H13F3OS/c16-15(17,18)13-5-1-4-12(7-13)10-20-14-6-2-3-11(8-14)9-19/h1-8,19H,9-10H2. The lowest BCUT2D eigenvalue weighted by atomic mass is 10.1. The van der Waals surface area contributed by atoms with Gasteiger partial charge in [0.2, 0.25) is 0 Å². The quantitative estimate of drug-likeness (QED) is 0.839. The number of aliphatic hydroxyl groups is 1. The number of thioether (sulfide) groups is 1. The molecule has 2 aromatic rings. The largest absolute Gasteiger partial charge is 0.416 e. The van der Waals surface area contributed by atoms with Crippen molar-refractivity contribution in [2.45, 2.75) is 23.4 Å². The number of hydrogen-bond acceptors (Lipinski definition) is 2. The van der Waals surface area contributed by atoms with Crippen molar-refractivity contribution in [2.24, 2.45) is 0 Å². The fourth-order valence-corrected chi connectivity index (χ4v) is 2.66. The van der Waals surface area contributed by atoms with E-state index in [1.807, 2.05) is 18.2 Å². The van der Waals surface area contributed by atoms with Crippen LogP contribution in [0.15, 0.2) is 53.4 Å². The lowest BCUT2D eigenvalue weighted by molar-refractivity contribution is -0.137. The predicted octanol–water partition coefficient (Wildman–Crippen LogP) is 4.49. The van der Waals surface area contributed by atoms with Crippen molar-refractivity contribution in [1.82, 2.24) is 0 Å². The van der Waals surface area contributed by atoms with Gasteiger partial charge >= 0.3 is 6.18 Å². The second-order valence-corrected chi connectivity index (χ2v) is 5.34. The summed E-state index contributed by atoms with van der Waals surface area (Å²) in [6.07, 6.45) is -4.31. The predicted molar refractivity (Wildman–Crippen MR) is 73.4 cm³/mol. The average Bonchev–Trinajstić information content (AvgIpc) is 2.45. The molecule has 20 heavy (non-hydrogen) atoms. The van der Waals surface area contributed by atoms with Crippen LogP contribution < -0.4 is 0 Å². The van der Waals surface area contributed by atoms with Gasteiger partial charge in [0.05, 0.1) is 12.2 Å². The first-order chi connectivity index (χ1) is 9.49. The van der Waals surface area contributed by atoms with Crippen LogP contribution in [0.5, 0.6) is 0 Å². The summed E-state index contributed by atoms with van der Waals surface area (Å²) >= 11 is 1.44. The van der Waals surface area contributed by atoms with Crippen LogP contribution in [0.3, 0.4) is 0 Å². The highest BCUT2D eigenvalue weighted by molar-refractivity contribution is 7.98. The van der Waals surface area contributed by atoms with Crippen molar-refractivity contribution in [2.75, 3.05) is 0 Å². The zero-order valence-electron chi connectivity index (χ0n) is 10.5. The van der Waals surface area contributed by atoms with E-state index in [1.165, 1.54) is 23.9 Å². The van der Waals surface area contributed by atoms with E-state index in [9.17, 15) is 13.2 Å². The molecule has 2 rings (SSSR count). The summed E-state index contributed by atoms with van der Waals surface area (Å²) in [4.78, 5) is 0.925. The summed E-state index contributed by atoms with van der Waals surface area (Å²) in [5, 5.41) is 9.04. The van der Waals surface area contributed by atoms with Crippen molar-refractivity contribution >= 4 is 11.8 Å². The number of aliphatic hydroxyl groups excluding tert-OH is 1. The van der Waals surface area contributed by atoms with Gasteiger partial charge in [-0.05, 0) is 29.3 Å². The van der Waals surface area contributed by atoms with Crippen LogP contribution in [0.1, 0.15) is 16.7 Å². The second kappa shape index (κ2) is 6.33. The van der Waals surface area contributed by atoms with Gasteiger partial charge in [-0.3, -0.25) is 0 Å². The summed E-state index contributed by atoms with van der Waals surface area (Å²) in [5.41, 5.74) is 0.790. The van der Waals surface area contributed by atoms with Gasteiger partial charge in [-0.25, -0.2) is 0 Å². The van der Waals surface area contributed by atoms with Gasteiger partial charge in [0.25, 0.3) is 0 Å². The monoisotopic (exact) mass is 298 g/mol. The van der Waals surface area contributed by atoms with Crippen molar-refractivity contribution in [3.63, 3.8) is 0 Å². The Hall–Kier alpha value is -1.46. The molecule has 0 bridgehead atoms. The van der Waals surface area contributed by atoms with Gasteiger partial charge in [0, 0.05) is 10.6 Å². The molecule has 106 valence electrons. The van der Waals surface area contributed by atoms with E-state index in [1.54, 1.807) is 12.1 Å². The minimum Gasteiger partial charge on any atom is -0.392 e. The van der Waals surface area contributed by atoms with E-state index in [4.69, 9.17) is 5.11 Å². The highest BCUT2D eigenvalue weighted by Gasteiger charge is 2.30. The van der Waals surface area contributed by atoms with Gasteiger partial charge in [-0.1, -0.05) is 30.3 Å². The van der Waals surface area contributed by atoms with Crippen molar-refractivity contribution in [3.8, 4) is 0 Å². The average molecular weight is 298 g/mol. The minimum atomic E-state index is -4.31. The fourth-order valence-electron chi connectivity index (χ4n) is 1.74. The number of hydrogen-bond donors (Lipinski definition) is 1. The molecule has 0 unspecified atom stereocenters. The number of benzene rings is 2. The van der Waals surface area contributed by atoms with Crippen LogP contribution in [0.2, 0.25) is 0 Å². The molecular formula is C15H13F3OS. The first kappa shape index (κ1) is 14.9. The van der Waals surface area contributed by atoms with Gasteiger partial charge in [0.15, 0.2) is 0 Å². The fraction of sp³-hybridized carbons (Fsp3) is 0.200. The highest BCUT2D eigenvalue weighted by Crippen LogP contribution is 2.31. The summed E-state index contributed by atoms with van der Waals surface area (Å²) < 4.78 is 37.8. The zero-order chi connectivity index (χ0) is 14.6. The Morgan fingerprint density at radius 3 is 2.35 bits per heavy atom. The summed E-state index contributed by atoms with van der Waals surface area (Å²) in [5.74, 6) is 0.457. The molecule has 0 radical (unpaired) electrons. The Balaban J connectivity index is 2.07. The molecule has 0 saturated carbocycles. The Labute approximate surface area is 119 Å². The van der Waals surface area contributed by atoms with E-state index in [2.05, 4.69) is 0 Å². The molecule has 1 N–H and O–H groups in total. The van der Waals surface area contributed by atoms with Crippen LogP contribution in [0.25, 0.3) is 0 Å². The normalized spacial score (nSPS) is 11.6. The van der Waals surface area contributed by atoms with E-state index in [0.717, 1.165) is 16.5 Å². The zero-order valence-corrected chi connectivity index (χ0v) is 11.3. The van der Waals surface area contributed by atoms with Crippen molar-refractivity contribution in [1.29, 1.82) is 0 Å². The molecule has 5 heteroatoms. The van der Waals surface area contributed by atoms with Gasteiger partial charge < -0.3 is 5.11 Å². The number of rotatable bonds is 4. The molecule has 0 aliphatic rings. The van der Waals surface area contributed by atoms with Crippen molar-refractivity contribution in [3.05, 3.63) is 65.2 Å². The Bertz CT molecular complexity index is 581. The lowest BCUT2D eigenvalue weighted by Gasteiger charge is -2.09. The molecule has 0 saturated heterocycles. The van der Waals surface area contributed by atoms with E-state index in [-0.39, 0.29) is 6.61 Å². The maximum atomic E-state index is 12.6. The number of halogens is 3. The smallest absolute Gasteiger partial charge is 0.392 e. The summed E-state index contributed by atoms with van der Waals surface area (Å²) in [6, 6.07) is 12.7. The third-order valence-electron chi connectivity index (χ3n) is 2.74. The first-order valence-electron chi connectivity index (χ1n) is 5.98. The third kappa shape index (κ3) is 4.02. The topological polar surface area (TPSA) is 20.2 Å². The maximum Gasteiger partial charge on any atom is 0.416 e. The van der Waals surface area contributed by atoms with Crippen LogP contribution in [0.4, 0.5) is 13.2 Å². The van der Waals surface area contributed by atoms with Crippen LogP contribution >= 0.6 is 11.8 Å². The van der Waals surface area contributed by atoms with E-state index >= 15 is 0 Å². The molecule has 0 heterocycles. The minimum absolute atomic E-state index is 0.0437. The first-order valence-corrected chi connectivity index (χ1v) is 6.96. The van der Waals surface area contributed by atoms with E-state index in [0.29, 0.717) is 11.3 Å². The summed E-state index contributed by atoms with van der Waals surface area (Å²) in [7, 11) is 0. The Morgan fingerprint density at radius 2 is 1.65 bits per heavy atom. The third-order valence-corrected chi connectivity index (χ3v) is 3.81. The molecular weight excluding hydrogens is 285 g/mol. The summed E-state index contributed by atoms with van der Waals surface area (Å²) in [6.45, 7) is -0.0437. The molecule has 1 nitrogen and oxygen atoms in total. The molecule has 2 aromatic carbocycles. The molecule has 0 atom stereocenters. The molecule has 0 aliphatic carbocycles. The molecule has 0 amide bonds. The van der Waals surface area contributed by atoms with Crippen molar-refractivity contribution < 1.29 is 18.3 Å². The molecule has 0 spiro atoms. The molecule has 0 aliphatic heterocycles. The molecule has 0 fully saturated rings. The van der Waals surface area contributed by atoms with Crippen LogP contribution in [-0.2, 0) is 18.5 Å². The lowest BCUT2D eigenvalue weighted by Crippen LogP contribution is -2.04. The molecule has 0 aromatic heterocycles. The Morgan fingerprint density at radius 1 is 0.950 bits per heavy atom. The number of alkyl halides is 3. The Kier molecular flexibility index (Phi) is 4.73. The van der Waals surface area contributed by atoms with E-state index < -0.39 is 11.7 Å².